The summed E-state index contributed by atoms with van der Waals surface area (Å²) in [6.07, 6.45) is 39.1. The van der Waals surface area contributed by atoms with Gasteiger partial charge in [0.25, 0.3) is 0 Å². The SMILES string of the molecule is Cc1nnc(-c2cnc(-c3cccc(-c4cnn(C)c4)c3)nc2NCCN2CCOCC2)s1.Cn1cc(-c2cccc(-c3ncc(-c4ccn(C)n4)c(NCC4CCNC4)n3)c2)cn1.Cn1cc(-c2cccc(-c3ncc(-c4cnn(C)c4)c(NC4CCC(N)CC4)n3)c2)cn1.Cn1cc(-c2cccc(-c3ncc(-c4cnn(C)c4)c(NCC4CCNC4)n3)c2)cn1. The molecule has 12 aromatic heterocycles. The van der Waals surface area contributed by atoms with Gasteiger partial charge in [0.2, 0.25) is 0 Å². The number of morpholine rings is 1. The van der Waals surface area contributed by atoms with Crippen LogP contribution in [0.1, 0.15) is 43.5 Å². The van der Waals surface area contributed by atoms with Crippen molar-refractivity contribution in [2.45, 2.75) is 57.5 Å². The van der Waals surface area contributed by atoms with E-state index in [0.29, 0.717) is 47.2 Å². The van der Waals surface area contributed by atoms with Crippen molar-refractivity contribution >= 4 is 34.6 Å². The van der Waals surface area contributed by atoms with E-state index in [1.165, 1.54) is 12.8 Å². The maximum absolute atomic E-state index is 6.11. The second-order valence-electron chi connectivity index (χ2n) is 32.7. The monoisotopic (exact) mass is 1720 g/mol. The van der Waals surface area contributed by atoms with Crippen molar-refractivity contribution in [2.24, 2.45) is 66.9 Å². The van der Waals surface area contributed by atoms with Gasteiger partial charge in [-0.3, -0.25) is 37.7 Å². The molecule has 2 atom stereocenters. The maximum Gasteiger partial charge on any atom is 0.161 e. The Labute approximate surface area is 741 Å². The molecule has 3 aliphatic heterocycles. The number of ether oxygens (including phenoxy) is 1. The van der Waals surface area contributed by atoms with Gasteiger partial charge < -0.3 is 42.4 Å². The fourth-order valence-corrected chi connectivity index (χ4v) is 16.7. The van der Waals surface area contributed by atoms with Crippen LogP contribution in [0.5, 0.6) is 0 Å². The molecule has 0 bridgehead atoms. The predicted molar refractivity (Wildman–Crippen MR) is 497 cm³/mol. The van der Waals surface area contributed by atoms with Crippen molar-refractivity contribution in [1.82, 2.24) is 134 Å². The largest absolute Gasteiger partial charge is 0.379 e. The Kier molecular flexibility index (Phi) is 26.9. The van der Waals surface area contributed by atoms with Crippen LogP contribution in [0.15, 0.2) is 208 Å². The molecule has 4 aromatic carbocycles. The average molecular weight is 1720 g/mol. The zero-order chi connectivity index (χ0) is 87.1. The third-order valence-electron chi connectivity index (χ3n) is 22.9. The number of hydrogen-bond acceptors (Lipinski definition) is 27. The molecule has 0 amide bonds. The Bertz CT molecular complexity index is 6150. The number of aromatic nitrogens is 24. The maximum atomic E-state index is 6.11. The molecule has 3 saturated heterocycles. The number of rotatable bonds is 24. The number of nitrogens with one attached hydrogen (secondary N) is 6. The van der Waals surface area contributed by atoms with Gasteiger partial charge in [0, 0.05) is 236 Å². The van der Waals surface area contributed by atoms with Gasteiger partial charge >= 0.3 is 0 Å². The molecule has 0 spiro atoms. The predicted octanol–water partition coefficient (Wildman–Crippen LogP) is 12.7. The van der Waals surface area contributed by atoms with Gasteiger partial charge in [-0.15, -0.1) is 10.2 Å². The van der Waals surface area contributed by atoms with E-state index in [9.17, 15) is 0 Å². The zero-order valence-corrected chi connectivity index (χ0v) is 73.6. The van der Waals surface area contributed by atoms with Crippen molar-refractivity contribution in [3.63, 3.8) is 0 Å². The van der Waals surface area contributed by atoms with Crippen LogP contribution < -0.4 is 37.6 Å². The summed E-state index contributed by atoms with van der Waals surface area (Å²) in [5, 5.41) is 61.7. The highest BCUT2D eigenvalue weighted by Crippen LogP contribution is 2.37. The summed E-state index contributed by atoms with van der Waals surface area (Å²) in [4.78, 5) is 40.9. The lowest BCUT2D eigenvalue weighted by Gasteiger charge is -2.28. The summed E-state index contributed by atoms with van der Waals surface area (Å²) in [5.74, 6) is 7.24. The molecule has 16 aromatic rings. The molecule has 33 nitrogen and oxygen atoms in total. The van der Waals surface area contributed by atoms with Crippen LogP contribution in [0.4, 0.5) is 23.3 Å². The first-order chi connectivity index (χ1) is 62.0. The van der Waals surface area contributed by atoms with Gasteiger partial charge in [0.1, 0.15) is 28.3 Å². The third-order valence-corrected chi connectivity index (χ3v) is 23.8. The fraction of sp³-hybridized carbons (Fsp3) is 0.323. The van der Waals surface area contributed by atoms with E-state index >= 15 is 0 Å². The van der Waals surface area contributed by atoms with Crippen molar-refractivity contribution in [3.8, 4) is 134 Å². The molecule has 8 N–H and O–H groups in total. The number of hydrogen-bond donors (Lipinski definition) is 7. The molecule has 2 unspecified atom stereocenters. The third kappa shape index (κ3) is 21.8. The minimum atomic E-state index is 0.307. The second-order valence-corrected chi connectivity index (χ2v) is 33.9. The number of anilines is 4. The standard InChI is InChI=1S/C24H28N8.C23H26N8OS.2C23H26N8/c1-31-14-18(11-27-31)16-4-3-5-17(10-16)23-26-13-22(19-12-28-32(2)15-19)24(30-23)29-21-8-6-20(25)7-9-21;1-16-28-29-23(33-16)20-14-25-21(27-22(20)24-6-7-31-8-10-32-11-9-31)18-5-3-4-17(12-18)19-13-26-30(2)15-19;1-30-9-7-21(29-30)20-14-26-22(28-23(20)25-12-16-6-8-24-11-16)18-5-3-4-17(10-18)19-13-27-31(2)15-19;1-30-14-19(11-27-30)17-4-3-5-18(8-17)22-26-13-21(20-12-28-31(2)15-20)23(29-22)25-10-16-6-7-24-9-16/h3-5,10-15,20-21H,6-9,25H2,1-2H3,(H,26,29,30);3-5,12-15H,6-11H2,1-2H3,(H,24,25,27);3-5,7,9-10,13-16,24H,6,8,11-12H2,1-2H3,(H,25,26,28);3-5,8,11-16,24H,6-7,9-10H2,1-2H3,(H,25,26,29). The van der Waals surface area contributed by atoms with Crippen LogP contribution in [0, 0.1) is 18.8 Å². The summed E-state index contributed by atoms with van der Waals surface area (Å²) in [5.41, 5.74) is 25.2. The molecule has 4 fully saturated rings. The molecule has 20 rings (SSSR count). The first-order valence-electron chi connectivity index (χ1n) is 43.1. The highest BCUT2D eigenvalue weighted by molar-refractivity contribution is 7.14. The number of benzene rings is 4. The summed E-state index contributed by atoms with van der Waals surface area (Å²) < 4.78 is 18.1. The van der Waals surface area contributed by atoms with Crippen LogP contribution in [0.3, 0.4) is 0 Å². The topological polar surface area (TPSA) is 364 Å². The number of nitrogens with zero attached hydrogens (tertiary/aromatic N) is 25. The van der Waals surface area contributed by atoms with Crippen molar-refractivity contribution in [1.29, 1.82) is 0 Å². The average Bonchev–Trinajstić information content (AvgIpc) is 1.64. The Morgan fingerprint density at radius 2 is 0.795 bits per heavy atom. The van der Waals surface area contributed by atoms with Gasteiger partial charge in [-0.2, -0.15) is 35.7 Å². The molecule has 0 radical (unpaired) electrons. The molecule has 650 valence electrons. The molecule has 1 aliphatic carbocycles. The van der Waals surface area contributed by atoms with E-state index in [0.717, 1.165) is 243 Å². The van der Waals surface area contributed by atoms with E-state index in [1.807, 2.05) is 216 Å². The first-order valence-corrected chi connectivity index (χ1v) is 43.9. The van der Waals surface area contributed by atoms with Crippen molar-refractivity contribution < 1.29 is 4.74 Å². The molecular formula is C93H106N32OS. The lowest BCUT2D eigenvalue weighted by molar-refractivity contribution is 0.0398. The Morgan fingerprint density at radius 1 is 0.409 bits per heavy atom. The fourth-order valence-electron chi connectivity index (χ4n) is 16.0. The quantitative estimate of drug-likeness (QED) is 0.0295. The smallest absolute Gasteiger partial charge is 0.161 e. The van der Waals surface area contributed by atoms with Crippen LogP contribution in [0.2, 0.25) is 0 Å². The van der Waals surface area contributed by atoms with Crippen LogP contribution in [-0.4, -0.2) is 214 Å². The molecule has 127 heavy (non-hydrogen) atoms. The van der Waals surface area contributed by atoms with Crippen molar-refractivity contribution in [2.75, 3.05) is 99.9 Å². The lowest BCUT2D eigenvalue weighted by Crippen LogP contribution is -2.39. The highest BCUT2D eigenvalue weighted by atomic mass is 32.1. The molecule has 4 aliphatic rings. The van der Waals surface area contributed by atoms with E-state index in [1.54, 1.807) is 44.1 Å². The Hall–Kier alpha value is -13.8. The lowest BCUT2D eigenvalue weighted by atomic mass is 9.91. The highest BCUT2D eigenvalue weighted by Gasteiger charge is 2.25. The van der Waals surface area contributed by atoms with E-state index < -0.39 is 0 Å². The van der Waals surface area contributed by atoms with Crippen molar-refractivity contribution in [3.05, 3.63) is 213 Å². The van der Waals surface area contributed by atoms with Gasteiger partial charge in [-0.1, -0.05) is 84.1 Å². The summed E-state index contributed by atoms with van der Waals surface area (Å²) in [7, 11) is 13.4. The van der Waals surface area contributed by atoms with Gasteiger partial charge in [0.05, 0.1) is 67.2 Å². The number of nitrogens with two attached hydrogens (primary N) is 1. The number of aryl methyl sites for hydroxylation is 8. The Morgan fingerprint density at radius 3 is 1.18 bits per heavy atom. The van der Waals surface area contributed by atoms with Crippen LogP contribution in [-0.2, 0) is 54.1 Å². The first kappa shape index (κ1) is 85.4. The van der Waals surface area contributed by atoms with Crippen LogP contribution >= 0.6 is 11.3 Å². The Balaban J connectivity index is 0.000000119. The van der Waals surface area contributed by atoms with Gasteiger partial charge in [-0.25, -0.2) is 39.9 Å². The van der Waals surface area contributed by atoms with Crippen LogP contribution in [0.25, 0.3) is 134 Å². The molecule has 1 saturated carbocycles. The van der Waals surface area contributed by atoms with E-state index in [-0.39, 0.29) is 0 Å². The minimum Gasteiger partial charge on any atom is -0.379 e. The summed E-state index contributed by atoms with van der Waals surface area (Å²) >= 11 is 1.54. The summed E-state index contributed by atoms with van der Waals surface area (Å²) in [6.45, 7) is 13.1. The molecule has 15 heterocycles. The normalized spacial score (nSPS) is 16.3. The van der Waals surface area contributed by atoms with Gasteiger partial charge in [0.15, 0.2) is 28.3 Å². The van der Waals surface area contributed by atoms with E-state index in [2.05, 4.69) is 141 Å². The minimum absolute atomic E-state index is 0.307. The molecular weight excluding hydrogens is 1610 g/mol. The molecule has 34 heteroatoms. The summed E-state index contributed by atoms with van der Waals surface area (Å²) in [6, 6.07) is 35.7. The van der Waals surface area contributed by atoms with E-state index in [4.69, 9.17) is 40.4 Å². The second kappa shape index (κ2) is 40.0. The van der Waals surface area contributed by atoms with Gasteiger partial charge in [-0.05, 0) is 136 Å². The zero-order valence-electron chi connectivity index (χ0n) is 72.7.